The summed E-state index contributed by atoms with van der Waals surface area (Å²) in [7, 11) is 0. The number of hydrogen-bond acceptors (Lipinski definition) is 3. The first-order valence-electron chi connectivity index (χ1n) is 10.1. The third kappa shape index (κ3) is 2.92. The monoisotopic (exact) mass is 396 g/mol. The summed E-state index contributed by atoms with van der Waals surface area (Å²) < 4.78 is 6.27. The number of hydrogen-bond donors (Lipinski definition) is 2. The Bertz CT molecular complexity index is 1190. The van der Waals surface area contributed by atoms with Crippen LogP contribution < -0.4 is 11.1 Å². The molecule has 0 radical (unpaired) electrons. The molecule has 2 unspecified atom stereocenters. The molecule has 2 heterocycles. The molecule has 3 aromatic rings. The fourth-order valence-electron chi connectivity index (χ4n) is 4.38. The van der Waals surface area contributed by atoms with Gasteiger partial charge in [0.2, 0.25) is 0 Å². The average Bonchev–Trinajstić information content (AvgIpc) is 3.29. The normalized spacial score (nSPS) is 18.1. The number of nitrogens with two attached hydrogens (primary N) is 1. The fourth-order valence-corrected chi connectivity index (χ4v) is 4.38. The van der Waals surface area contributed by atoms with E-state index >= 15 is 0 Å². The molecule has 1 amide bonds. The van der Waals surface area contributed by atoms with E-state index in [1.165, 1.54) is 27.8 Å². The van der Waals surface area contributed by atoms with Gasteiger partial charge >= 0.3 is 0 Å². The molecule has 2 atom stereocenters. The molecule has 2 aliphatic rings. The number of aryl methyl sites for hydroxylation is 2. The van der Waals surface area contributed by atoms with Gasteiger partial charge in [-0.15, -0.1) is 0 Å². The van der Waals surface area contributed by atoms with Gasteiger partial charge in [-0.05, 0) is 70.5 Å². The molecule has 3 aromatic carbocycles. The third-order valence-electron chi connectivity index (χ3n) is 6.23. The first kappa shape index (κ1) is 18.6. The van der Waals surface area contributed by atoms with E-state index < -0.39 is 0 Å². The third-order valence-corrected chi connectivity index (χ3v) is 6.23. The van der Waals surface area contributed by atoms with Gasteiger partial charge in [0.15, 0.2) is 0 Å². The van der Waals surface area contributed by atoms with E-state index in [1.807, 2.05) is 42.5 Å². The number of benzene rings is 3. The number of nitrogens with one attached hydrogen (secondary N) is 1. The van der Waals surface area contributed by atoms with Crippen molar-refractivity contribution in [1.82, 2.24) is 5.32 Å². The predicted molar refractivity (Wildman–Crippen MR) is 118 cm³/mol. The molecule has 0 spiro atoms. The quantitative estimate of drug-likeness (QED) is 0.673. The lowest BCUT2D eigenvalue weighted by molar-refractivity contribution is 0.0857. The number of rotatable bonds is 4. The van der Waals surface area contributed by atoms with Gasteiger partial charge in [0, 0.05) is 17.8 Å². The van der Waals surface area contributed by atoms with Crippen LogP contribution in [0.5, 0.6) is 0 Å². The Kier molecular flexibility index (Phi) is 4.26. The molecule has 0 aromatic heterocycles. The highest BCUT2D eigenvalue weighted by atomic mass is 16.5. The van der Waals surface area contributed by atoms with E-state index in [9.17, 15) is 4.79 Å². The van der Waals surface area contributed by atoms with Crippen molar-refractivity contribution in [2.24, 2.45) is 5.73 Å². The van der Waals surface area contributed by atoms with Crippen molar-refractivity contribution < 1.29 is 9.53 Å². The summed E-state index contributed by atoms with van der Waals surface area (Å²) in [6, 6.07) is 18.1. The molecule has 4 heteroatoms. The van der Waals surface area contributed by atoms with Gasteiger partial charge in [-0.1, -0.05) is 49.0 Å². The molecule has 150 valence electrons. The molecule has 0 saturated carbocycles. The van der Waals surface area contributed by atoms with Crippen molar-refractivity contribution in [1.29, 1.82) is 0 Å². The van der Waals surface area contributed by atoms with Crippen LogP contribution >= 0.6 is 0 Å². The molecule has 30 heavy (non-hydrogen) atoms. The summed E-state index contributed by atoms with van der Waals surface area (Å²) in [4.78, 5) is 12.8. The van der Waals surface area contributed by atoms with E-state index in [1.54, 1.807) is 0 Å². The zero-order valence-corrected chi connectivity index (χ0v) is 17.2. The van der Waals surface area contributed by atoms with Crippen LogP contribution in [0.3, 0.4) is 0 Å². The Morgan fingerprint density at radius 3 is 2.10 bits per heavy atom. The lowest BCUT2D eigenvalue weighted by Gasteiger charge is -2.18. The maximum atomic E-state index is 12.8. The Balaban J connectivity index is 1.34. The summed E-state index contributed by atoms with van der Waals surface area (Å²) >= 11 is 0. The SMILES string of the molecule is C=C(N)c1ccc(CNC(=O)c2ccc3c(c2)C2OC3c3cc(C)c(C)cc32)cc1. The van der Waals surface area contributed by atoms with Crippen LogP contribution in [0.1, 0.15) is 67.1 Å². The zero-order valence-electron chi connectivity index (χ0n) is 17.2. The van der Waals surface area contributed by atoms with Gasteiger partial charge < -0.3 is 15.8 Å². The lowest BCUT2D eigenvalue weighted by Crippen LogP contribution is -2.23. The minimum Gasteiger partial charge on any atom is -0.399 e. The first-order chi connectivity index (χ1) is 14.4. The molecule has 2 bridgehead atoms. The van der Waals surface area contributed by atoms with Gasteiger partial charge in [-0.2, -0.15) is 0 Å². The van der Waals surface area contributed by atoms with Gasteiger partial charge in [0.25, 0.3) is 5.91 Å². The largest absolute Gasteiger partial charge is 0.399 e. The smallest absolute Gasteiger partial charge is 0.251 e. The second-order valence-corrected chi connectivity index (χ2v) is 8.21. The molecular formula is C26H24N2O2. The van der Waals surface area contributed by atoms with Crippen LogP contribution in [0.25, 0.3) is 5.70 Å². The van der Waals surface area contributed by atoms with Gasteiger partial charge in [-0.25, -0.2) is 0 Å². The number of carbonyl (C=O) groups is 1. The Morgan fingerprint density at radius 1 is 0.900 bits per heavy atom. The van der Waals surface area contributed by atoms with Crippen molar-refractivity contribution in [2.75, 3.05) is 0 Å². The highest BCUT2D eigenvalue weighted by Crippen LogP contribution is 2.54. The number of amides is 1. The minimum absolute atomic E-state index is 0.0211. The fraction of sp³-hybridized carbons (Fsp3) is 0.192. The molecule has 0 aliphatic carbocycles. The summed E-state index contributed by atoms with van der Waals surface area (Å²) in [5.41, 5.74) is 16.1. The first-order valence-corrected chi connectivity index (χ1v) is 10.1. The van der Waals surface area contributed by atoms with Crippen molar-refractivity contribution in [3.8, 4) is 0 Å². The van der Waals surface area contributed by atoms with E-state index in [0.717, 1.165) is 16.7 Å². The highest BCUT2D eigenvalue weighted by molar-refractivity contribution is 5.94. The molecule has 2 aliphatic heterocycles. The topological polar surface area (TPSA) is 64.3 Å². The number of fused-ring (bicyclic) bond motifs is 8. The molecule has 3 N–H and O–H groups in total. The highest BCUT2D eigenvalue weighted by Gasteiger charge is 2.43. The van der Waals surface area contributed by atoms with Crippen LogP contribution in [0.4, 0.5) is 0 Å². The Morgan fingerprint density at radius 2 is 1.47 bits per heavy atom. The van der Waals surface area contributed by atoms with Crippen molar-refractivity contribution in [2.45, 2.75) is 32.6 Å². The van der Waals surface area contributed by atoms with Crippen LogP contribution in [-0.4, -0.2) is 5.91 Å². The van der Waals surface area contributed by atoms with Gasteiger partial charge in [-0.3, -0.25) is 4.79 Å². The summed E-state index contributed by atoms with van der Waals surface area (Å²) in [6.07, 6.45) is -0.101. The van der Waals surface area contributed by atoms with Gasteiger partial charge in [0.1, 0.15) is 12.2 Å². The lowest BCUT2D eigenvalue weighted by atomic mass is 9.83. The standard InChI is InChI=1S/C26H24N2O2/c1-14-10-21-22(11-15(14)2)25-23-12-19(8-9-20(23)24(21)30-25)26(29)28-13-17-4-6-18(7-5-17)16(3)27/h4-12,24-25H,3,13,27H2,1-2H3,(H,28,29). The zero-order chi connectivity index (χ0) is 21.0. The summed E-state index contributed by atoms with van der Waals surface area (Å²) in [5, 5.41) is 3.00. The van der Waals surface area contributed by atoms with E-state index in [2.05, 4.69) is 37.9 Å². The molecule has 0 fully saturated rings. The van der Waals surface area contributed by atoms with E-state index in [-0.39, 0.29) is 18.1 Å². The van der Waals surface area contributed by atoms with Crippen molar-refractivity contribution >= 4 is 11.6 Å². The Hall–Kier alpha value is -3.37. The van der Waals surface area contributed by atoms with Crippen LogP contribution in [-0.2, 0) is 11.3 Å². The average molecular weight is 396 g/mol. The number of carbonyl (C=O) groups excluding carboxylic acids is 1. The maximum absolute atomic E-state index is 12.8. The molecular weight excluding hydrogens is 372 g/mol. The summed E-state index contributed by atoms with van der Waals surface area (Å²) in [6.45, 7) is 8.45. The van der Waals surface area contributed by atoms with Crippen molar-refractivity contribution in [3.63, 3.8) is 0 Å². The van der Waals surface area contributed by atoms with Crippen LogP contribution in [0, 0.1) is 13.8 Å². The molecule has 4 nitrogen and oxygen atoms in total. The van der Waals surface area contributed by atoms with Crippen LogP contribution in [0.2, 0.25) is 0 Å². The number of ether oxygens (including phenoxy) is 1. The Labute approximate surface area is 176 Å². The van der Waals surface area contributed by atoms with Crippen LogP contribution in [0.15, 0.2) is 61.2 Å². The second-order valence-electron chi connectivity index (χ2n) is 8.21. The summed E-state index contributed by atoms with van der Waals surface area (Å²) in [5.74, 6) is -0.0896. The van der Waals surface area contributed by atoms with E-state index in [0.29, 0.717) is 17.8 Å². The second kappa shape index (κ2) is 6.85. The molecule has 0 saturated heterocycles. The molecule has 5 rings (SSSR count). The maximum Gasteiger partial charge on any atom is 0.251 e. The predicted octanol–water partition coefficient (Wildman–Crippen LogP) is 4.69. The van der Waals surface area contributed by atoms with E-state index in [4.69, 9.17) is 10.5 Å². The van der Waals surface area contributed by atoms with Crippen molar-refractivity contribution in [3.05, 3.63) is 111 Å². The minimum atomic E-state index is -0.0896. The van der Waals surface area contributed by atoms with Gasteiger partial charge in [0.05, 0.1) is 0 Å².